The summed E-state index contributed by atoms with van der Waals surface area (Å²) in [6.45, 7) is 6.56. The van der Waals surface area contributed by atoms with Crippen molar-refractivity contribution in [3.8, 4) is 5.75 Å². The zero-order chi connectivity index (χ0) is 26.3. The third-order valence-electron chi connectivity index (χ3n) is 5.99. The number of aliphatic hydroxyl groups excluding tert-OH is 1. The highest BCUT2D eigenvalue weighted by Gasteiger charge is 2.48. The Balaban J connectivity index is 1.62. The molecule has 2 aromatic carbocycles. The van der Waals surface area contributed by atoms with Gasteiger partial charge in [0.1, 0.15) is 17.6 Å². The van der Waals surface area contributed by atoms with Gasteiger partial charge >= 0.3 is 5.91 Å². The Morgan fingerprint density at radius 1 is 1.16 bits per heavy atom. The van der Waals surface area contributed by atoms with E-state index in [4.69, 9.17) is 16.3 Å². The fourth-order valence-electron chi connectivity index (χ4n) is 4.12. The minimum Gasteiger partial charge on any atom is -0.507 e. The average Bonchev–Trinajstić information content (AvgIpc) is 3.40. The Bertz CT molecular complexity index is 1490. The maximum absolute atomic E-state index is 13.4. The number of halogens is 1. The molecular formula is C28H24ClN3O4S. The lowest BCUT2D eigenvalue weighted by atomic mass is 9.98. The monoisotopic (exact) mass is 533 g/mol. The second-order valence-corrected chi connectivity index (χ2v) is 10.6. The van der Waals surface area contributed by atoms with Crippen LogP contribution < -0.4 is 9.64 Å². The summed E-state index contributed by atoms with van der Waals surface area (Å²) in [5.41, 5.74) is 2.28. The highest BCUT2D eigenvalue weighted by atomic mass is 35.5. The van der Waals surface area contributed by atoms with Crippen LogP contribution in [0, 0.1) is 12.8 Å². The van der Waals surface area contributed by atoms with Gasteiger partial charge < -0.3 is 9.84 Å². The number of rotatable bonds is 6. The molecule has 1 unspecified atom stereocenters. The minimum atomic E-state index is -0.949. The van der Waals surface area contributed by atoms with Gasteiger partial charge in [-0.05, 0) is 66.9 Å². The number of pyridine rings is 1. The van der Waals surface area contributed by atoms with Crippen LogP contribution in [0.3, 0.4) is 0 Å². The van der Waals surface area contributed by atoms with E-state index in [2.05, 4.69) is 23.8 Å². The van der Waals surface area contributed by atoms with Crippen molar-refractivity contribution < 1.29 is 19.4 Å². The van der Waals surface area contributed by atoms with Crippen molar-refractivity contribution in [2.75, 3.05) is 11.5 Å². The van der Waals surface area contributed by atoms with Gasteiger partial charge in [-0.2, -0.15) is 0 Å². The normalized spacial score (nSPS) is 17.2. The number of anilines is 1. The number of nitrogens with zero attached hydrogens (tertiary/aromatic N) is 3. The van der Waals surface area contributed by atoms with E-state index in [-0.39, 0.29) is 11.3 Å². The molecule has 0 bridgehead atoms. The molecule has 188 valence electrons. The molecule has 3 heterocycles. The van der Waals surface area contributed by atoms with E-state index in [9.17, 15) is 14.7 Å². The van der Waals surface area contributed by atoms with Crippen LogP contribution in [0.2, 0.25) is 5.02 Å². The summed E-state index contributed by atoms with van der Waals surface area (Å²) in [5.74, 6) is -0.857. The van der Waals surface area contributed by atoms with E-state index in [0.29, 0.717) is 45.2 Å². The van der Waals surface area contributed by atoms with Crippen molar-refractivity contribution in [3.63, 3.8) is 0 Å². The number of aryl methyl sites for hydroxylation is 1. The number of amides is 1. The molecule has 1 aliphatic heterocycles. The van der Waals surface area contributed by atoms with Gasteiger partial charge in [0.2, 0.25) is 0 Å². The first-order valence-electron chi connectivity index (χ1n) is 11.8. The first-order chi connectivity index (χ1) is 17.7. The second kappa shape index (κ2) is 9.95. The number of Topliss-reactive ketones (excluding diaryl/α,β-unsaturated/α-hetero) is 1. The zero-order valence-electron chi connectivity index (χ0n) is 20.4. The summed E-state index contributed by atoms with van der Waals surface area (Å²) in [6.07, 6.45) is 1.58. The SMILES string of the molecule is Cc1cc2sc(N3C(=O)C(=O)/C(=C(/O)c4ccc(OCC(C)C)cc4)C3c3ccccn3)nc2cc1Cl. The number of aromatic nitrogens is 2. The van der Waals surface area contributed by atoms with Gasteiger partial charge in [-0.3, -0.25) is 19.5 Å². The van der Waals surface area contributed by atoms with Crippen molar-refractivity contribution >= 4 is 55.7 Å². The minimum absolute atomic E-state index is 0.0481. The van der Waals surface area contributed by atoms with Gasteiger partial charge in [-0.1, -0.05) is 42.9 Å². The number of hydrogen-bond acceptors (Lipinski definition) is 7. The number of carbonyl (C=O) groups excluding carboxylic acids is 2. The van der Waals surface area contributed by atoms with Gasteiger partial charge in [0.05, 0.1) is 28.1 Å². The summed E-state index contributed by atoms with van der Waals surface area (Å²) in [4.78, 5) is 37.1. The van der Waals surface area contributed by atoms with E-state index in [0.717, 1.165) is 10.3 Å². The Morgan fingerprint density at radius 3 is 2.59 bits per heavy atom. The van der Waals surface area contributed by atoms with Crippen molar-refractivity contribution in [3.05, 3.63) is 88.2 Å². The quantitative estimate of drug-likeness (QED) is 0.177. The van der Waals surface area contributed by atoms with Crippen LogP contribution in [0.5, 0.6) is 5.75 Å². The number of hydrogen-bond donors (Lipinski definition) is 1. The van der Waals surface area contributed by atoms with Crippen LogP contribution in [0.4, 0.5) is 5.13 Å². The Labute approximate surface area is 223 Å². The first kappa shape index (κ1) is 24.9. The standard InChI is InChI=1S/C28H24ClN3O4S/c1-15(2)14-36-18-9-7-17(8-10-18)25(33)23-24(20-6-4-5-11-30-20)32(27(35)26(23)34)28-31-21-13-19(29)16(3)12-22(21)37-28/h4-13,15,24,33H,14H2,1-3H3/b25-23+. The summed E-state index contributed by atoms with van der Waals surface area (Å²) in [6, 6.07) is 14.7. The summed E-state index contributed by atoms with van der Waals surface area (Å²) < 4.78 is 6.55. The van der Waals surface area contributed by atoms with Crippen molar-refractivity contribution in [2.24, 2.45) is 5.92 Å². The number of ether oxygens (including phenoxy) is 1. The number of benzene rings is 2. The Hall–Kier alpha value is -3.75. The number of thiazole rings is 1. The molecule has 1 aliphatic rings. The van der Waals surface area contributed by atoms with E-state index in [1.807, 2.05) is 13.0 Å². The van der Waals surface area contributed by atoms with Gasteiger partial charge in [-0.25, -0.2) is 4.98 Å². The second-order valence-electron chi connectivity index (χ2n) is 9.22. The topological polar surface area (TPSA) is 92.6 Å². The van der Waals surface area contributed by atoms with E-state index in [1.54, 1.807) is 54.7 Å². The number of fused-ring (bicyclic) bond motifs is 1. The number of carbonyl (C=O) groups is 2. The third kappa shape index (κ3) is 4.70. The largest absolute Gasteiger partial charge is 0.507 e. The molecule has 1 amide bonds. The maximum atomic E-state index is 13.4. The molecule has 1 saturated heterocycles. The maximum Gasteiger partial charge on any atom is 0.301 e. The molecule has 0 radical (unpaired) electrons. The first-order valence-corrected chi connectivity index (χ1v) is 13.0. The van der Waals surface area contributed by atoms with Crippen LogP contribution in [-0.4, -0.2) is 33.4 Å². The lowest BCUT2D eigenvalue weighted by Crippen LogP contribution is -2.29. The van der Waals surface area contributed by atoms with Gasteiger partial charge in [0.15, 0.2) is 5.13 Å². The van der Waals surface area contributed by atoms with Crippen LogP contribution in [-0.2, 0) is 9.59 Å². The summed E-state index contributed by atoms with van der Waals surface area (Å²) in [5, 5.41) is 12.2. The number of ketones is 1. The van der Waals surface area contributed by atoms with Crippen molar-refractivity contribution in [1.29, 1.82) is 0 Å². The van der Waals surface area contributed by atoms with Gasteiger partial charge in [0, 0.05) is 16.8 Å². The van der Waals surface area contributed by atoms with E-state index in [1.165, 1.54) is 16.2 Å². The molecule has 1 atom stereocenters. The van der Waals surface area contributed by atoms with Crippen LogP contribution >= 0.6 is 22.9 Å². The highest BCUT2D eigenvalue weighted by Crippen LogP contribution is 2.44. The molecule has 1 fully saturated rings. The zero-order valence-corrected chi connectivity index (χ0v) is 22.0. The molecule has 9 heteroatoms. The van der Waals surface area contributed by atoms with Crippen LogP contribution in [0.1, 0.15) is 36.7 Å². The van der Waals surface area contributed by atoms with Crippen molar-refractivity contribution in [1.82, 2.24) is 9.97 Å². The Kier molecular flexibility index (Phi) is 6.70. The Morgan fingerprint density at radius 2 is 1.92 bits per heavy atom. The van der Waals surface area contributed by atoms with Crippen LogP contribution in [0.25, 0.3) is 16.0 Å². The lowest BCUT2D eigenvalue weighted by molar-refractivity contribution is -0.132. The molecule has 0 aliphatic carbocycles. The predicted octanol–water partition coefficient (Wildman–Crippen LogP) is 6.31. The van der Waals surface area contributed by atoms with Crippen molar-refractivity contribution in [2.45, 2.75) is 26.8 Å². The van der Waals surface area contributed by atoms with E-state index < -0.39 is 17.7 Å². The number of aliphatic hydroxyl groups is 1. The fourth-order valence-corrected chi connectivity index (χ4v) is 5.35. The molecule has 7 nitrogen and oxygen atoms in total. The highest BCUT2D eigenvalue weighted by molar-refractivity contribution is 7.22. The third-order valence-corrected chi connectivity index (χ3v) is 7.41. The molecule has 37 heavy (non-hydrogen) atoms. The molecule has 2 aromatic heterocycles. The molecular weight excluding hydrogens is 510 g/mol. The summed E-state index contributed by atoms with van der Waals surface area (Å²) >= 11 is 7.56. The van der Waals surface area contributed by atoms with E-state index >= 15 is 0 Å². The average molecular weight is 534 g/mol. The smallest absolute Gasteiger partial charge is 0.301 e. The fraction of sp³-hybridized carbons (Fsp3) is 0.214. The molecule has 1 N–H and O–H groups in total. The van der Waals surface area contributed by atoms with Gasteiger partial charge in [0.25, 0.3) is 5.78 Å². The molecule has 5 rings (SSSR count). The summed E-state index contributed by atoms with van der Waals surface area (Å²) in [7, 11) is 0. The predicted molar refractivity (Wildman–Crippen MR) is 145 cm³/mol. The molecule has 0 spiro atoms. The van der Waals surface area contributed by atoms with Crippen LogP contribution in [0.15, 0.2) is 66.4 Å². The van der Waals surface area contributed by atoms with Gasteiger partial charge in [-0.15, -0.1) is 0 Å². The molecule has 0 saturated carbocycles. The lowest BCUT2D eigenvalue weighted by Gasteiger charge is -2.22. The molecule has 4 aromatic rings.